The van der Waals surface area contributed by atoms with Gasteiger partial charge in [-0.25, -0.2) is 0 Å². The first-order valence-electron chi connectivity index (χ1n) is 4.99. The molecule has 0 aromatic heterocycles. The lowest BCUT2D eigenvalue weighted by Gasteiger charge is -2.07. The number of methoxy groups -OCH3 is 1. The van der Waals surface area contributed by atoms with Crippen molar-refractivity contribution in [2.24, 2.45) is 0 Å². The van der Waals surface area contributed by atoms with Gasteiger partial charge in [-0.05, 0) is 24.6 Å². The highest BCUT2D eigenvalue weighted by Crippen LogP contribution is 2.21. The number of esters is 1. The van der Waals surface area contributed by atoms with E-state index in [2.05, 4.69) is 20.7 Å². The van der Waals surface area contributed by atoms with Crippen molar-refractivity contribution in [1.29, 1.82) is 0 Å². The van der Waals surface area contributed by atoms with Gasteiger partial charge >= 0.3 is 5.97 Å². The molecule has 1 rings (SSSR count). The maximum atomic E-state index is 11.7. The molecule has 0 aliphatic rings. The minimum absolute atomic E-state index is 0.120. The van der Waals surface area contributed by atoms with E-state index in [0.717, 1.165) is 4.47 Å². The Morgan fingerprint density at radius 1 is 1.47 bits per heavy atom. The number of ether oxygens (including phenoxy) is 1. The molecule has 1 aromatic rings. The van der Waals surface area contributed by atoms with E-state index in [1.165, 1.54) is 7.11 Å². The summed E-state index contributed by atoms with van der Waals surface area (Å²) in [6.45, 7) is 1.62. The molecule has 92 valence electrons. The summed E-state index contributed by atoms with van der Waals surface area (Å²) in [5.41, 5.74) is 1.20. The van der Waals surface area contributed by atoms with Crippen LogP contribution in [-0.2, 0) is 16.0 Å². The minimum Gasteiger partial charge on any atom is -0.469 e. The van der Waals surface area contributed by atoms with Crippen molar-refractivity contribution in [3.63, 3.8) is 0 Å². The number of carbonyl (C=O) groups is 2. The number of rotatable bonds is 4. The van der Waals surface area contributed by atoms with E-state index in [1.807, 2.05) is 0 Å². The van der Waals surface area contributed by atoms with Crippen LogP contribution in [0.1, 0.15) is 22.8 Å². The summed E-state index contributed by atoms with van der Waals surface area (Å²) >= 11 is 9.06. The molecule has 1 aromatic carbocycles. The zero-order valence-electron chi connectivity index (χ0n) is 9.50. The number of Topliss-reactive ketones (excluding diaryl/α,β-unsaturated/α-hetero) is 1. The molecule has 1 unspecified atom stereocenters. The fourth-order valence-electron chi connectivity index (χ4n) is 1.32. The number of hydrogen-bond donors (Lipinski definition) is 0. The normalized spacial score (nSPS) is 12.0. The average molecular weight is 320 g/mol. The molecule has 5 heteroatoms. The first-order chi connectivity index (χ1) is 7.95. The summed E-state index contributed by atoms with van der Waals surface area (Å²) in [5.74, 6) is -0.514. The van der Waals surface area contributed by atoms with Crippen LogP contribution in [0.3, 0.4) is 0 Å². The first-order valence-corrected chi connectivity index (χ1v) is 6.22. The maximum Gasteiger partial charge on any atom is 0.310 e. The highest BCUT2D eigenvalue weighted by molar-refractivity contribution is 9.10. The molecule has 0 saturated carbocycles. The van der Waals surface area contributed by atoms with Crippen molar-refractivity contribution in [3.8, 4) is 0 Å². The number of carbonyl (C=O) groups excluding carboxylic acids is 2. The third-order valence-electron chi connectivity index (χ3n) is 2.25. The zero-order chi connectivity index (χ0) is 13.0. The number of halogens is 2. The van der Waals surface area contributed by atoms with E-state index in [9.17, 15) is 9.59 Å². The Bertz CT molecular complexity index is 443. The Morgan fingerprint density at radius 3 is 2.65 bits per heavy atom. The topological polar surface area (TPSA) is 43.4 Å². The predicted octanol–water partition coefficient (Wildman–Crippen LogP) is 2.97. The van der Waals surface area contributed by atoms with Crippen molar-refractivity contribution in [2.45, 2.75) is 18.7 Å². The van der Waals surface area contributed by atoms with Crippen molar-refractivity contribution in [2.75, 3.05) is 7.11 Å². The van der Waals surface area contributed by atoms with Crippen LogP contribution in [0, 0.1) is 0 Å². The molecule has 1 atom stereocenters. The van der Waals surface area contributed by atoms with Crippen LogP contribution in [0.25, 0.3) is 0 Å². The third-order valence-corrected chi connectivity index (χ3v) is 3.23. The fraction of sp³-hybridized carbons (Fsp3) is 0.333. The van der Waals surface area contributed by atoms with E-state index in [4.69, 9.17) is 11.6 Å². The molecule has 17 heavy (non-hydrogen) atoms. The van der Waals surface area contributed by atoms with Crippen molar-refractivity contribution in [3.05, 3.63) is 33.8 Å². The molecule has 0 aliphatic carbocycles. The fourth-order valence-corrected chi connectivity index (χ4v) is 1.83. The molecule has 0 amide bonds. The Hall–Kier alpha value is -0.870. The lowest BCUT2D eigenvalue weighted by atomic mass is 10.0. The highest BCUT2D eigenvalue weighted by Gasteiger charge is 2.15. The van der Waals surface area contributed by atoms with Crippen LogP contribution in [0.15, 0.2) is 22.7 Å². The summed E-state index contributed by atoms with van der Waals surface area (Å²) in [5, 5.41) is -0.581. The van der Waals surface area contributed by atoms with E-state index in [-0.39, 0.29) is 18.2 Å². The summed E-state index contributed by atoms with van der Waals surface area (Å²) in [6.07, 6.45) is 0.120. The first kappa shape index (κ1) is 14.2. The van der Waals surface area contributed by atoms with E-state index in [0.29, 0.717) is 11.1 Å². The monoisotopic (exact) mass is 318 g/mol. The molecule has 0 saturated heterocycles. The second kappa shape index (κ2) is 6.17. The van der Waals surface area contributed by atoms with Gasteiger partial charge in [0.15, 0.2) is 5.78 Å². The minimum atomic E-state index is -0.581. The smallest absolute Gasteiger partial charge is 0.310 e. The van der Waals surface area contributed by atoms with Crippen LogP contribution in [0.2, 0.25) is 0 Å². The summed E-state index contributed by atoms with van der Waals surface area (Å²) in [6, 6.07) is 5.05. The van der Waals surface area contributed by atoms with Gasteiger partial charge < -0.3 is 4.74 Å². The van der Waals surface area contributed by atoms with Crippen LogP contribution in [0.5, 0.6) is 0 Å². The molecule has 0 radical (unpaired) electrons. The van der Waals surface area contributed by atoms with E-state index < -0.39 is 5.38 Å². The van der Waals surface area contributed by atoms with Crippen LogP contribution in [0.4, 0.5) is 0 Å². The SMILES string of the molecule is COC(=O)Cc1cc(C(=O)C(C)Cl)ccc1Br. The third kappa shape index (κ3) is 3.82. The van der Waals surface area contributed by atoms with Crippen LogP contribution < -0.4 is 0 Å². The van der Waals surface area contributed by atoms with Crippen molar-refractivity contribution < 1.29 is 14.3 Å². The van der Waals surface area contributed by atoms with Gasteiger partial charge in [0.1, 0.15) is 0 Å². The zero-order valence-corrected chi connectivity index (χ0v) is 11.8. The standard InChI is InChI=1S/C12H12BrClO3/c1-7(14)12(16)8-3-4-10(13)9(5-8)6-11(15)17-2/h3-5,7H,6H2,1-2H3. The molecule has 0 N–H and O–H groups in total. The van der Waals surface area contributed by atoms with Gasteiger partial charge in [-0.1, -0.05) is 22.0 Å². The second-order valence-electron chi connectivity index (χ2n) is 3.54. The summed E-state index contributed by atoms with van der Waals surface area (Å²) in [7, 11) is 1.33. The lowest BCUT2D eigenvalue weighted by molar-refractivity contribution is -0.139. The number of benzene rings is 1. The molecule has 3 nitrogen and oxygen atoms in total. The molecule has 0 spiro atoms. The largest absolute Gasteiger partial charge is 0.469 e. The number of alkyl halides is 1. The number of hydrogen-bond acceptors (Lipinski definition) is 3. The van der Waals surface area contributed by atoms with Crippen molar-refractivity contribution >= 4 is 39.3 Å². The lowest BCUT2D eigenvalue weighted by Crippen LogP contribution is -2.12. The van der Waals surface area contributed by atoms with Crippen LogP contribution in [-0.4, -0.2) is 24.2 Å². The van der Waals surface area contributed by atoms with Gasteiger partial charge in [-0.3, -0.25) is 9.59 Å². The Labute approximate surface area is 113 Å². The Kier molecular flexibility index (Phi) is 5.15. The van der Waals surface area contributed by atoms with Gasteiger partial charge in [0.2, 0.25) is 0 Å². The molecule has 0 bridgehead atoms. The summed E-state index contributed by atoms with van der Waals surface area (Å²) < 4.78 is 5.35. The molecule has 0 aliphatic heterocycles. The number of ketones is 1. The van der Waals surface area contributed by atoms with Gasteiger partial charge in [0, 0.05) is 10.0 Å². The molecular formula is C12H12BrClO3. The quantitative estimate of drug-likeness (QED) is 0.487. The Balaban J connectivity index is 3.02. The van der Waals surface area contributed by atoms with Crippen LogP contribution >= 0.6 is 27.5 Å². The molecule has 0 fully saturated rings. The summed E-state index contributed by atoms with van der Waals surface area (Å²) in [4.78, 5) is 22.9. The van der Waals surface area contributed by atoms with E-state index >= 15 is 0 Å². The molecular weight excluding hydrogens is 307 g/mol. The van der Waals surface area contributed by atoms with Crippen molar-refractivity contribution in [1.82, 2.24) is 0 Å². The van der Waals surface area contributed by atoms with Gasteiger partial charge in [0.05, 0.1) is 18.9 Å². The maximum absolute atomic E-state index is 11.7. The second-order valence-corrected chi connectivity index (χ2v) is 5.05. The van der Waals surface area contributed by atoms with Gasteiger partial charge in [-0.15, -0.1) is 11.6 Å². The average Bonchev–Trinajstić information content (AvgIpc) is 2.30. The van der Waals surface area contributed by atoms with Gasteiger partial charge in [0.25, 0.3) is 0 Å². The van der Waals surface area contributed by atoms with E-state index in [1.54, 1.807) is 25.1 Å². The van der Waals surface area contributed by atoms with Gasteiger partial charge in [-0.2, -0.15) is 0 Å². The highest BCUT2D eigenvalue weighted by atomic mass is 79.9. The predicted molar refractivity (Wildman–Crippen MR) is 69.5 cm³/mol. The Morgan fingerprint density at radius 2 is 2.12 bits per heavy atom. The molecule has 0 heterocycles.